The molecule has 0 saturated carbocycles. The molecule has 0 atom stereocenters. The maximum absolute atomic E-state index is 12.6. The summed E-state index contributed by atoms with van der Waals surface area (Å²) in [5.74, 6) is -0.365. The first kappa shape index (κ1) is 20.8. The number of sulfonamides is 1. The van der Waals surface area contributed by atoms with Gasteiger partial charge in [-0.2, -0.15) is 4.31 Å². The van der Waals surface area contributed by atoms with Crippen LogP contribution in [-0.2, 0) is 27.7 Å². The minimum Gasteiger partial charge on any atom is -0.453 e. The second-order valence-corrected chi connectivity index (χ2v) is 10.1. The number of hydrogen-bond donors (Lipinski definition) is 1. The minimum absolute atomic E-state index is 0.188. The number of thiazole rings is 1. The van der Waals surface area contributed by atoms with Crippen LogP contribution in [0.25, 0.3) is 0 Å². The third-order valence-electron chi connectivity index (χ3n) is 5.20. The molecular weight excluding hydrogens is 428 g/mol. The summed E-state index contributed by atoms with van der Waals surface area (Å²) in [5, 5.41) is 3.21. The molecule has 1 aromatic heterocycles. The Bertz CT molecular complexity index is 1060. The number of anilines is 1. The van der Waals surface area contributed by atoms with Crippen LogP contribution < -0.4 is 5.32 Å². The lowest BCUT2D eigenvalue weighted by molar-refractivity contribution is 0.102. The fourth-order valence-corrected chi connectivity index (χ4v) is 6.09. The van der Waals surface area contributed by atoms with Gasteiger partial charge in [0.2, 0.25) is 10.0 Å². The number of fused-ring (bicyclic) bond motifs is 1. The van der Waals surface area contributed by atoms with Crippen molar-refractivity contribution >= 4 is 38.5 Å². The standard InChI is InChI=1S/C19H22N4O5S2/c1-28-19(25)22-11-8-15-16(12-22)29-18(20-15)21-17(24)13-4-6-14(7-5-13)30(26,27)23-9-2-3-10-23/h4-7H,2-3,8-12H2,1H3,(H,20,21,24). The first-order valence-electron chi connectivity index (χ1n) is 9.61. The molecular formula is C19H22N4O5S2. The van der Waals surface area contributed by atoms with E-state index in [0.29, 0.717) is 43.3 Å². The third-order valence-corrected chi connectivity index (χ3v) is 8.11. The predicted octanol–water partition coefficient (Wildman–Crippen LogP) is 2.30. The average molecular weight is 451 g/mol. The number of methoxy groups -OCH3 is 1. The van der Waals surface area contributed by atoms with Crippen LogP contribution in [0.2, 0.25) is 0 Å². The Kier molecular flexibility index (Phi) is 5.76. The van der Waals surface area contributed by atoms with Crippen LogP contribution in [0, 0.1) is 0 Å². The molecule has 1 fully saturated rings. The zero-order valence-corrected chi connectivity index (χ0v) is 18.1. The number of amides is 2. The molecule has 0 unspecified atom stereocenters. The molecule has 3 heterocycles. The summed E-state index contributed by atoms with van der Waals surface area (Å²) in [4.78, 5) is 31.4. The van der Waals surface area contributed by atoms with Crippen LogP contribution in [0.5, 0.6) is 0 Å². The molecule has 1 saturated heterocycles. The smallest absolute Gasteiger partial charge is 0.409 e. The number of ether oxygens (including phenoxy) is 1. The van der Waals surface area contributed by atoms with Gasteiger partial charge >= 0.3 is 6.09 Å². The Balaban J connectivity index is 1.44. The van der Waals surface area contributed by atoms with Crippen molar-refractivity contribution in [2.75, 3.05) is 32.1 Å². The Hall–Kier alpha value is -2.50. The highest BCUT2D eigenvalue weighted by molar-refractivity contribution is 7.89. The van der Waals surface area contributed by atoms with Gasteiger partial charge in [-0.25, -0.2) is 18.2 Å². The van der Waals surface area contributed by atoms with Crippen molar-refractivity contribution in [1.82, 2.24) is 14.2 Å². The van der Waals surface area contributed by atoms with Crippen LogP contribution >= 0.6 is 11.3 Å². The van der Waals surface area contributed by atoms with E-state index in [2.05, 4.69) is 10.3 Å². The van der Waals surface area contributed by atoms with Gasteiger partial charge in [0.25, 0.3) is 5.91 Å². The van der Waals surface area contributed by atoms with Gasteiger partial charge in [-0.1, -0.05) is 11.3 Å². The highest BCUT2D eigenvalue weighted by Crippen LogP contribution is 2.29. The summed E-state index contributed by atoms with van der Waals surface area (Å²) in [7, 11) is -2.16. The maximum atomic E-state index is 12.6. The van der Waals surface area contributed by atoms with E-state index in [4.69, 9.17) is 4.74 Å². The van der Waals surface area contributed by atoms with E-state index in [0.717, 1.165) is 23.4 Å². The first-order chi connectivity index (χ1) is 14.4. The van der Waals surface area contributed by atoms with Crippen molar-refractivity contribution in [3.8, 4) is 0 Å². The molecule has 0 spiro atoms. The zero-order valence-electron chi connectivity index (χ0n) is 16.5. The molecule has 160 valence electrons. The van der Waals surface area contributed by atoms with E-state index >= 15 is 0 Å². The minimum atomic E-state index is -3.51. The first-order valence-corrected chi connectivity index (χ1v) is 11.9. The SMILES string of the molecule is COC(=O)N1CCc2nc(NC(=O)c3ccc(S(=O)(=O)N4CCCC4)cc3)sc2C1. The molecule has 1 N–H and O–H groups in total. The number of nitrogens with zero attached hydrogens (tertiary/aromatic N) is 3. The van der Waals surface area contributed by atoms with Crippen molar-refractivity contribution in [1.29, 1.82) is 0 Å². The molecule has 2 aromatic rings. The van der Waals surface area contributed by atoms with E-state index in [1.54, 1.807) is 4.90 Å². The summed E-state index contributed by atoms with van der Waals surface area (Å²) >= 11 is 1.32. The topological polar surface area (TPSA) is 109 Å². The molecule has 2 amide bonds. The number of carbonyl (C=O) groups excluding carboxylic acids is 2. The fourth-order valence-electron chi connectivity index (χ4n) is 3.56. The number of hydrogen-bond acceptors (Lipinski definition) is 7. The van der Waals surface area contributed by atoms with Crippen LogP contribution in [0.3, 0.4) is 0 Å². The molecule has 4 rings (SSSR count). The van der Waals surface area contributed by atoms with Gasteiger partial charge in [0.05, 0.1) is 24.2 Å². The summed E-state index contributed by atoms with van der Waals surface area (Å²) in [6.45, 7) is 1.99. The normalized spacial score (nSPS) is 16.9. The van der Waals surface area contributed by atoms with Crippen molar-refractivity contribution in [3.63, 3.8) is 0 Å². The molecule has 30 heavy (non-hydrogen) atoms. The second-order valence-electron chi connectivity index (χ2n) is 7.12. The quantitative estimate of drug-likeness (QED) is 0.766. The van der Waals surface area contributed by atoms with Gasteiger partial charge in [-0.3, -0.25) is 10.1 Å². The highest BCUT2D eigenvalue weighted by Gasteiger charge is 2.28. The van der Waals surface area contributed by atoms with Gasteiger partial charge in [-0.15, -0.1) is 0 Å². The predicted molar refractivity (Wildman–Crippen MR) is 111 cm³/mol. The van der Waals surface area contributed by atoms with E-state index in [-0.39, 0.29) is 16.9 Å². The number of benzene rings is 1. The Morgan fingerprint density at radius 3 is 2.50 bits per heavy atom. The molecule has 9 nitrogen and oxygen atoms in total. The summed E-state index contributed by atoms with van der Waals surface area (Å²) in [6.07, 6.45) is 1.95. The average Bonchev–Trinajstić information content (AvgIpc) is 3.42. The van der Waals surface area contributed by atoms with Crippen molar-refractivity contribution < 1.29 is 22.7 Å². The van der Waals surface area contributed by atoms with E-state index < -0.39 is 10.0 Å². The number of rotatable bonds is 4. The number of nitrogens with one attached hydrogen (secondary N) is 1. The Morgan fingerprint density at radius 1 is 1.13 bits per heavy atom. The van der Waals surface area contributed by atoms with Crippen LogP contribution in [0.1, 0.15) is 33.8 Å². The molecule has 0 aliphatic carbocycles. The van der Waals surface area contributed by atoms with Crippen molar-refractivity contribution in [2.45, 2.75) is 30.7 Å². The van der Waals surface area contributed by atoms with Gasteiger partial charge in [0.15, 0.2) is 5.13 Å². The number of aromatic nitrogens is 1. The van der Waals surface area contributed by atoms with Crippen LogP contribution in [0.15, 0.2) is 29.2 Å². The second kappa shape index (κ2) is 8.32. The maximum Gasteiger partial charge on any atom is 0.409 e. The molecule has 2 aliphatic heterocycles. The van der Waals surface area contributed by atoms with Gasteiger partial charge < -0.3 is 9.64 Å². The van der Waals surface area contributed by atoms with E-state index in [1.165, 1.54) is 47.0 Å². The van der Waals surface area contributed by atoms with Crippen LogP contribution in [-0.4, -0.2) is 61.4 Å². The van der Waals surface area contributed by atoms with E-state index in [9.17, 15) is 18.0 Å². The summed E-state index contributed by atoms with van der Waals surface area (Å²) in [6, 6.07) is 5.93. The van der Waals surface area contributed by atoms with Gasteiger partial charge in [0, 0.05) is 36.5 Å². The zero-order chi connectivity index (χ0) is 21.3. The summed E-state index contributed by atoms with van der Waals surface area (Å²) < 4.78 is 31.4. The van der Waals surface area contributed by atoms with Gasteiger partial charge in [0.1, 0.15) is 0 Å². The van der Waals surface area contributed by atoms with Crippen LogP contribution in [0.4, 0.5) is 9.93 Å². The summed E-state index contributed by atoms with van der Waals surface area (Å²) in [5.41, 5.74) is 1.21. The number of carbonyl (C=O) groups is 2. The lowest BCUT2D eigenvalue weighted by atomic mass is 10.2. The largest absolute Gasteiger partial charge is 0.453 e. The molecule has 11 heteroatoms. The van der Waals surface area contributed by atoms with Gasteiger partial charge in [-0.05, 0) is 37.1 Å². The Labute approximate surface area is 178 Å². The molecule has 2 aliphatic rings. The highest BCUT2D eigenvalue weighted by atomic mass is 32.2. The fraction of sp³-hybridized carbons (Fsp3) is 0.421. The Morgan fingerprint density at radius 2 is 1.83 bits per heavy atom. The monoisotopic (exact) mass is 450 g/mol. The molecule has 1 aromatic carbocycles. The lowest BCUT2D eigenvalue weighted by Crippen LogP contribution is -2.35. The van der Waals surface area contributed by atoms with E-state index in [1.807, 2.05) is 0 Å². The van der Waals surface area contributed by atoms with Crippen molar-refractivity contribution in [2.24, 2.45) is 0 Å². The molecule has 0 radical (unpaired) electrons. The molecule has 0 bridgehead atoms. The third kappa shape index (κ3) is 4.05. The van der Waals surface area contributed by atoms with Crippen molar-refractivity contribution in [3.05, 3.63) is 40.4 Å². The lowest BCUT2D eigenvalue weighted by Gasteiger charge is -2.24.